The third kappa shape index (κ3) is 2.36. The number of rotatable bonds is 1. The lowest BCUT2D eigenvalue weighted by atomic mass is 10.2. The van der Waals surface area contributed by atoms with Gasteiger partial charge in [0.15, 0.2) is 9.84 Å². The van der Waals surface area contributed by atoms with Crippen molar-refractivity contribution in [3.05, 3.63) is 11.5 Å². The number of likely N-dealkylation sites (tertiary alicyclic amines) is 1. The Morgan fingerprint density at radius 2 is 1.71 bits per heavy atom. The normalized spacial score (nSPS) is 33.0. The van der Waals surface area contributed by atoms with Crippen LogP contribution in [0.25, 0.3) is 0 Å². The second-order valence-electron chi connectivity index (χ2n) is 4.34. The van der Waals surface area contributed by atoms with E-state index in [1.807, 2.05) is 6.08 Å². The number of quaternary nitrogens is 1. The summed E-state index contributed by atoms with van der Waals surface area (Å²) in [7, 11) is -2.86. The third-order valence-electron chi connectivity index (χ3n) is 3.20. The van der Waals surface area contributed by atoms with Gasteiger partial charge in [-0.2, -0.15) is 0 Å². The molecular weight excluding hydrogens is 198 g/mol. The van der Waals surface area contributed by atoms with Crippen LogP contribution in [0.15, 0.2) is 11.5 Å². The summed E-state index contributed by atoms with van der Waals surface area (Å²) in [5, 5.41) is 1.40. The van der Waals surface area contributed by atoms with Gasteiger partial charge >= 0.3 is 0 Å². The quantitative estimate of drug-likeness (QED) is 0.657. The summed E-state index contributed by atoms with van der Waals surface area (Å²) in [4.78, 5) is 1.47. The molecule has 1 fully saturated rings. The molecule has 0 bridgehead atoms. The van der Waals surface area contributed by atoms with Crippen molar-refractivity contribution in [1.29, 1.82) is 0 Å². The van der Waals surface area contributed by atoms with Crippen molar-refractivity contribution in [2.75, 3.05) is 18.8 Å². The van der Waals surface area contributed by atoms with Gasteiger partial charge in [-0.05, 0) is 31.8 Å². The Bertz CT molecular complexity index is 313. The van der Waals surface area contributed by atoms with Gasteiger partial charge in [-0.15, -0.1) is 0 Å². The minimum absolute atomic E-state index is 0.234. The number of hydrogen-bond donors (Lipinski definition) is 1. The first-order valence-electron chi connectivity index (χ1n) is 5.43. The van der Waals surface area contributed by atoms with E-state index in [0.29, 0.717) is 5.75 Å². The van der Waals surface area contributed by atoms with Crippen molar-refractivity contribution in [2.24, 2.45) is 0 Å². The van der Waals surface area contributed by atoms with E-state index in [2.05, 4.69) is 0 Å². The molecule has 1 atom stereocenters. The fourth-order valence-corrected chi connectivity index (χ4v) is 3.77. The molecule has 0 unspecified atom stereocenters. The first kappa shape index (κ1) is 10.2. The van der Waals surface area contributed by atoms with Crippen molar-refractivity contribution < 1.29 is 13.3 Å². The Hall–Kier alpha value is -0.350. The Kier molecular flexibility index (Phi) is 2.93. The molecule has 0 aromatic rings. The maximum Gasteiger partial charge on any atom is 0.177 e. The number of sulfone groups is 1. The molecule has 0 aromatic carbocycles. The van der Waals surface area contributed by atoms with Crippen molar-refractivity contribution in [2.45, 2.75) is 31.7 Å². The number of nitrogens with one attached hydrogen (secondary N) is 1. The van der Waals surface area contributed by atoms with Gasteiger partial charge in [0.25, 0.3) is 0 Å². The Morgan fingerprint density at radius 1 is 1.07 bits per heavy atom. The molecule has 4 heteroatoms. The highest BCUT2D eigenvalue weighted by Gasteiger charge is 2.30. The highest BCUT2D eigenvalue weighted by atomic mass is 32.2. The van der Waals surface area contributed by atoms with E-state index in [4.69, 9.17) is 0 Å². The summed E-state index contributed by atoms with van der Waals surface area (Å²) in [5.74, 6) is 0.336. The molecule has 0 amide bonds. The van der Waals surface area contributed by atoms with Crippen LogP contribution >= 0.6 is 0 Å². The van der Waals surface area contributed by atoms with E-state index in [-0.39, 0.29) is 6.04 Å². The second kappa shape index (κ2) is 4.03. The molecule has 2 aliphatic rings. The van der Waals surface area contributed by atoms with Crippen LogP contribution in [-0.4, -0.2) is 33.3 Å². The van der Waals surface area contributed by atoms with Crippen LogP contribution in [-0.2, 0) is 9.84 Å². The lowest BCUT2D eigenvalue weighted by Gasteiger charge is -2.21. The van der Waals surface area contributed by atoms with Gasteiger partial charge in [0, 0.05) is 5.41 Å². The summed E-state index contributed by atoms with van der Waals surface area (Å²) >= 11 is 0. The van der Waals surface area contributed by atoms with Crippen LogP contribution in [0.1, 0.15) is 25.7 Å². The Labute approximate surface area is 85.7 Å². The summed E-state index contributed by atoms with van der Waals surface area (Å²) in [6, 6.07) is 0.234. The van der Waals surface area contributed by atoms with E-state index in [0.717, 1.165) is 13.1 Å². The van der Waals surface area contributed by atoms with Crippen LogP contribution in [0, 0.1) is 0 Å². The van der Waals surface area contributed by atoms with Gasteiger partial charge in [-0.25, -0.2) is 8.42 Å². The molecule has 3 nitrogen and oxygen atoms in total. The SMILES string of the molecule is O=S1(=O)C=C[C@@H]([NH+]2CCCCCC2)C1. The average molecular weight is 216 g/mol. The Balaban J connectivity index is 1.99. The van der Waals surface area contributed by atoms with E-state index in [9.17, 15) is 8.42 Å². The molecule has 0 aliphatic carbocycles. The minimum atomic E-state index is -2.86. The monoisotopic (exact) mass is 216 g/mol. The van der Waals surface area contributed by atoms with Gasteiger partial charge in [-0.3, -0.25) is 0 Å². The fraction of sp³-hybridized carbons (Fsp3) is 0.800. The summed E-state index contributed by atoms with van der Waals surface area (Å²) < 4.78 is 22.5. The van der Waals surface area contributed by atoms with Crippen LogP contribution in [0.4, 0.5) is 0 Å². The molecular formula is C10H18NO2S+. The minimum Gasteiger partial charge on any atom is -0.328 e. The van der Waals surface area contributed by atoms with Crippen molar-refractivity contribution >= 4 is 9.84 Å². The summed E-state index contributed by atoms with van der Waals surface area (Å²) in [5.41, 5.74) is 0. The van der Waals surface area contributed by atoms with E-state index in [1.54, 1.807) is 0 Å². The first-order valence-corrected chi connectivity index (χ1v) is 7.14. The predicted molar refractivity (Wildman–Crippen MR) is 55.9 cm³/mol. The molecule has 2 rings (SSSR count). The average Bonchev–Trinajstić information content (AvgIpc) is 2.42. The molecule has 80 valence electrons. The molecule has 2 aliphatic heterocycles. The van der Waals surface area contributed by atoms with Crippen LogP contribution in [0.3, 0.4) is 0 Å². The van der Waals surface area contributed by atoms with E-state index < -0.39 is 9.84 Å². The van der Waals surface area contributed by atoms with Gasteiger partial charge in [0.05, 0.1) is 13.1 Å². The zero-order valence-corrected chi connectivity index (χ0v) is 9.22. The maximum absolute atomic E-state index is 11.3. The standard InChI is InChI=1S/C10H17NO2S/c12-14(13)8-5-10(9-14)11-6-3-1-2-4-7-11/h5,8,10H,1-4,6-7,9H2/p+1/t10-/m1/s1. The van der Waals surface area contributed by atoms with Gasteiger partial charge in [0.2, 0.25) is 0 Å². The third-order valence-corrected chi connectivity index (χ3v) is 4.60. The zero-order chi connectivity index (χ0) is 10.0. The molecule has 0 aromatic heterocycles. The van der Waals surface area contributed by atoms with Crippen molar-refractivity contribution in [3.8, 4) is 0 Å². The van der Waals surface area contributed by atoms with Gasteiger partial charge < -0.3 is 4.90 Å². The lowest BCUT2D eigenvalue weighted by molar-refractivity contribution is -0.915. The molecule has 2 heterocycles. The van der Waals surface area contributed by atoms with Gasteiger partial charge in [-0.1, -0.05) is 0 Å². The Morgan fingerprint density at radius 3 is 2.21 bits per heavy atom. The maximum atomic E-state index is 11.3. The molecule has 0 radical (unpaired) electrons. The van der Waals surface area contributed by atoms with E-state index in [1.165, 1.54) is 36.0 Å². The van der Waals surface area contributed by atoms with E-state index >= 15 is 0 Å². The molecule has 1 N–H and O–H groups in total. The lowest BCUT2D eigenvalue weighted by Crippen LogP contribution is -3.15. The highest BCUT2D eigenvalue weighted by molar-refractivity contribution is 7.94. The molecule has 0 spiro atoms. The summed E-state index contributed by atoms with van der Waals surface area (Å²) in [6.07, 6.45) is 7.01. The van der Waals surface area contributed by atoms with Gasteiger partial charge in [0.1, 0.15) is 11.8 Å². The van der Waals surface area contributed by atoms with Crippen LogP contribution in [0.2, 0.25) is 0 Å². The van der Waals surface area contributed by atoms with Crippen molar-refractivity contribution in [3.63, 3.8) is 0 Å². The fourth-order valence-electron chi connectivity index (χ4n) is 2.38. The topological polar surface area (TPSA) is 38.6 Å². The van der Waals surface area contributed by atoms with Crippen LogP contribution < -0.4 is 4.90 Å². The smallest absolute Gasteiger partial charge is 0.177 e. The molecule has 0 saturated carbocycles. The largest absolute Gasteiger partial charge is 0.328 e. The molecule has 14 heavy (non-hydrogen) atoms. The summed E-state index contributed by atoms with van der Waals surface area (Å²) in [6.45, 7) is 2.29. The predicted octanol–water partition coefficient (Wildman–Crippen LogP) is -0.244. The van der Waals surface area contributed by atoms with Crippen LogP contribution in [0.5, 0.6) is 0 Å². The second-order valence-corrected chi connectivity index (χ2v) is 6.27. The molecule has 1 saturated heterocycles. The highest BCUT2D eigenvalue weighted by Crippen LogP contribution is 2.07. The first-order chi connectivity index (χ1) is 6.67. The zero-order valence-electron chi connectivity index (χ0n) is 8.41. The van der Waals surface area contributed by atoms with Crippen molar-refractivity contribution in [1.82, 2.24) is 0 Å². The number of hydrogen-bond acceptors (Lipinski definition) is 2.